The van der Waals surface area contributed by atoms with Crippen molar-refractivity contribution < 1.29 is 4.79 Å². The van der Waals surface area contributed by atoms with Crippen molar-refractivity contribution in [3.8, 4) is 11.8 Å². The Balaban J connectivity index is 2.63. The third kappa shape index (κ3) is 4.53. The van der Waals surface area contributed by atoms with Crippen molar-refractivity contribution in [3.05, 3.63) is 42.0 Å². The molecule has 0 unspecified atom stereocenters. The third-order valence-corrected chi connectivity index (χ3v) is 2.40. The van der Waals surface area contributed by atoms with E-state index in [-0.39, 0.29) is 5.12 Å². The highest BCUT2D eigenvalue weighted by Gasteiger charge is 1.90. The molecule has 0 N–H and O–H groups in total. The molecular weight excluding hydrogens is 204 g/mol. The van der Waals surface area contributed by atoms with E-state index in [9.17, 15) is 4.79 Å². The lowest BCUT2D eigenvalue weighted by Gasteiger charge is -1.93. The Morgan fingerprint density at radius 3 is 3.07 bits per heavy atom. The van der Waals surface area contributed by atoms with Gasteiger partial charge in [0.05, 0.1) is 5.75 Å². The van der Waals surface area contributed by atoms with E-state index in [1.807, 2.05) is 24.3 Å². The summed E-state index contributed by atoms with van der Waals surface area (Å²) in [6.07, 6.45) is 1.79. The average Bonchev–Trinajstić information content (AvgIpc) is 2.24. The fourth-order valence-electron chi connectivity index (χ4n) is 1.02. The number of thioether (sulfide) groups is 1. The summed E-state index contributed by atoms with van der Waals surface area (Å²) in [6.45, 7) is 5.24. The summed E-state index contributed by atoms with van der Waals surface area (Å²) < 4.78 is 0. The van der Waals surface area contributed by atoms with E-state index in [4.69, 9.17) is 0 Å². The summed E-state index contributed by atoms with van der Waals surface area (Å²) in [5, 5.41) is 0.101. The van der Waals surface area contributed by atoms with Gasteiger partial charge < -0.3 is 0 Å². The summed E-state index contributed by atoms with van der Waals surface area (Å²) in [4.78, 5) is 10.6. The zero-order valence-corrected chi connectivity index (χ0v) is 9.43. The Morgan fingerprint density at radius 1 is 1.60 bits per heavy atom. The zero-order valence-electron chi connectivity index (χ0n) is 8.62. The van der Waals surface area contributed by atoms with Crippen molar-refractivity contribution in [1.29, 1.82) is 0 Å². The summed E-state index contributed by atoms with van der Waals surface area (Å²) in [7, 11) is 0. The predicted molar refractivity (Wildman–Crippen MR) is 66.6 cm³/mol. The van der Waals surface area contributed by atoms with Gasteiger partial charge >= 0.3 is 0 Å². The van der Waals surface area contributed by atoms with E-state index in [1.54, 1.807) is 13.0 Å². The topological polar surface area (TPSA) is 17.1 Å². The summed E-state index contributed by atoms with van der Waals surface area (Å²) in [5.41, 5.74) is 2.01. The molecule has 0 aromatic heterocycles. The second-order valence-corrected chi connectivity index (χ2v) is 4.06. The third-order valence-electron chi connectivity index (χ3n) is 1.70. The Bertz CT molecular complexity index is 424. The van der Waals surface area contributed by atoms with Gasteiger partial charge in [0.15, 0.2) is 5.12 Å². The molecule has 0 aliphatic rings. The van der Waals surface area contributed by atoms with E-state index in [1.165, 1.54) is 11.8 Å². The van der Waals surface area contributed by atoms with Crippen LogP contribution in [0.2, 0.25) is 0 Å². The van der Waals surface area contributed by atoms with Crippen LogP contribution < -0.4 is 0 Å². The van der Waals surface area contributed by atoms with Crippen LogP contribution in [0.1, 0.15) is 18.1 Å². The molecule has 1 aromatic rings. The maximum absolute atomic E-state index is 10.6. The van der Waals surface area contributed by atoms with Gasteiger partial charge in [-0.05, 0) is 17.7 Å². The molecule has 0 aliphatic heterocycles. The lowest BCUT2D eigenvalue weighted by molar-refractivity contribution is -0.109. The lowest BCUT2D eigenvalue weighted by Crippen LogP contribution is -1.82. The molecule has 0 heterocycles. The van der Waals surface area contributed by atoms with Crippen LogP contribution in [0.25, 0.3) is 6.08 Å². The Morgan fingerprint density at radius 2 is 2.40 bits per heavy atom. The quantitative estimate of drug-likeness (QED) is 0.707. The molecule has 1 rings (SSSR count). The van der Waals surface area contributed by atoms with Crippen molar-refractivity contribution in [2.24, 2.45) is 0 Å². The molecule has 1 nitrogen and oxygen atoms in total. The minimum absolute atomic E-state index is 0.101. The fraction of sp³-hybridized carbons (Fsp3) is 0.154. The van der Waals surface area contributed by atoms with Crippen LogP contribution in [-0.4, -0.2) is 10.9 Å². The largest absolute Gasteiger partial charge is 0.288 e. The van der Waals surface area contributed by atoms with E-state index in [0.717, 1.165) is 11.1 Å². The van der Waals surface area contributed by atoms with Crippen molar-refractivity contribution in [2.75, 3.05) is 5.75 Å². The standard InChI is InChI=1S/C13H12OS/c1-3-12-6-4-7-13(10-12)8-5-9-15-11(2)14/h3-4,6-7,10H,1,9H2,2H3. The molecule has 0 radical (unpaired) electrons. The molecule has 76 valence electrons. The SMILES string of the molecule is C=Cc1cccc(C#CCSC(C)=O)c1. The number of hydrogen-bond acceptors (Lipinski definition) is 2. The van der Waals surface area contributed by atoms with Crippen molar-refractivity contribution in [1.82, 2.24) is 0 Å². The molecule has 0 saturated heterocycles. The van der Waals surface area contributed by atoms with Gasteiger partial charge in [-0.25, -0.2) is 0 Å². The lowest BCUT2D eigenvalue weighted by atomic mass is 10.1. The average molecular weight is 216 g/mol. The molecule has 2 heteroatoms. The van der Waals surface area contributed by atoms with Gasteiger partial charge in [-0.15, -0.1) is 0 Å². The van der Waals surface area contributed by atoms with E-state index in [0.29, 0.717) is 5.75 Å². The molecule has 15 heavy (non-hydrogen) atoms. The number of benzene rings is 1. The van der Waals surface area contributed by atoms with Gasteiger partial charge in [0, 0.05) is 12.5 Å². The Labute approximate surface area is 94.6 Å². The number of carbonyl (C=O) groups is 1. The normalized spacial score (nSPS) is 8.87. The number of hydrogen-bond donors (Lipinski definition) is 0. The highest BCUT2D eigenvalue weighted by atomic mass is 32.2. The summed E-state index contributed by atoms with van der Waals surface area (Å²) in [6, 6.07) is 7.83. The molecule has 0 saturated carbocycles. The molecule has 0 amide bonds. The highest BCUT2D eigenvalue weighted by molar-refractivity contribution is 8.13. The molecule has 1 aromatic carbocycles. The second kappa shape index (κ2) is 6.10. The summed E-state index contributed by atoms with van der Waals surface area (Å²) in [5.74, 6) is 6.50. The van der Waals surface area contributed by atoms with Gasteiger partial charge in [-0.2, -0.15) is 0 Å². The van der Waals surface area contributed by atoms with Gasteiger partial charge in [-0.1, -0.05) is 48.4 Å². The van der Waals surface area contributed by atoms with Gasteiger partial charge in [0.2, 0.25) is 0 Å². The number of rotatable bonds is 2. The smallest absolute Gasteiger partial charge is 0.186 e. The van der Waals surface area contributed by atoms with Gasteiger partial charge in [0.1, 0.15) is 0 Å². The van der Waals surface area contributed by atoms with E-state index < -0.39 is 0 Å². The Hall–Kier alpha value is -1.46. The second-order valence-electron chi connectivity index (χ2n) is 2.91. The van der Waals surface area contributed by atoms with Crippen LogP contribution in [-0.2, 0) is 4.79 Å². The maximum Gasteiger partial charge on any atom is 0.186 e. The van der Waals surface area contributed by atoms with Crippen LogP contribution in [0.4, 0.5) is 0 Å². The van der Waals surface area contributed by atoms with Crippen LogP contribution in [0.3, 0.4) is 0 Å². The van der Waals surface area contributed by atoms with Crippen molar-refractivity contribution in [2.45, 2.75) is 6.92 Å². The first-order valence-electron chi connectivity index (χ1n) is 4.57. The predicted octanol–water partition coefficient (Wildman–Crippen LogP) is 2.96. The first kappa shape index (κ1) is 11.6. The van der Waals surface area contributed by atoms with Gasteiger partial charge in [-0.3, -0.25) is 4.79 Å². The zero-order chi connectivity index (χ0) is 11.1. The first-order chi connectivity index (χ1) is 7.22. The highest BCUT2D eigenvalue weighted by Crippen LogP contribution is 2.05. The number of carbonyl (C=O) groups excluding carboxylic acids is 1. The fourth-order valence-corrected chi connectivity index (χ4v) is 1.37. The maximum atomic E-state index is 10.6. The van der Waals surface area contributed by atoms with Crippen LogP contribution >= 0.6 is 11.8 Å². The van der Waals surface area contributed by atoms with Crippen LogP contribution in [0, 0.1) is 11.8 Å². The van der Waals surface area contributed by atoms with Crippen molar-refractivity contribution in [3.63, 3.8) is 0 Å². The van der Waals surface area contributed by atoms with Crippen molar-refractivity contribution >= 4 is 23.0 Å². The minimum atomic E-state index is 0.101. The minimum Gasteiger partial charge on any atom is -0.288 e. The van der Waals surface area contributed by atoms with Crippen LogP contribution in [0.5, 0.6) is 0 Å². The molecule has 0 bridgehead atoms. The molecule has 0 atom stereocenters. The monoisotopic (exact) mass is 216 g/mol. The van der Waals surface area contributed by atoms with Crippen LogP contribution in [0.15, 0.2) is 30.8 Å². The molecule has 0 aliphatic carbocycles. The van der Waals surface area contributed by atoms with Gasteiger partial charge in [0.25, 0.3) is 0 Å². The van der Waals surface area contributed by atoms with E-state index >= 15 is 0 Å². The Kier molecular flexibility index (Phi) is 4.73. The molecular formula is C13H12OS. The molecule has 0 fully saturated rings. The van der Waals surface area contributed by atoms with E-state index in [2.05, 4.69) is 18.4 Å². The summed E-state index contributed by atoms with van der Waals surface area (Å²) >= 11 is 1.23. The first-order valence-corrected chi connectivity index (χ1v) is 5.55. The molecule has 0 spiro atoms.